The summed E-state index contributed by atoms with van der Waals surface area (Å²) in [5.41, 5.74) is 3.58. The van der Waals surface area contributed by atoms with Crippen molar-refractivity contribution in [1.82, 2.24) is 15.0 Å². The van der Waals surface area contributed by atoms with Crippen molar-refractivity contribution in [2.24, 2.45) is 0 Å². The Bertz CT molecular complexity index is 1210. The van der Waals surface area contributed by atoms with Crippen molar-refractivity contribution in [3.8, 4) is 11.4 Å². The fraction of sp³-hybridized carbons (Fsp3) is 0.0952. The van der Waals surface area contributed by atoms with Gasteiger partial charge in [-0.25, -0.2) is 4.98 Å². The topological polar surface area (TPSA) is 51.8 Å². The Balaban J connectivity index is 1.67. The molecule has 2 heterocycles. The van der Waals surface area contributed by atoms with Gasteiger partial charge in [0.15, 0.2) is 11.6 Å². The van der Waals surface area contributed by atoms with Crippen LogP contribution in [0.25, 0.3) is 38.9 Å². The lowest BCUT2D eigenvalue weighted by Crippen LogP contribution is -2.00. The van der Waals surface area contributed by atoms with Crippen molar-refractivity contribution >= 4 is 39.1 Å². The molecule has 0 unspecified atom stereocenters. The lowest BCUT2D eigenvalue weighted by Gasteiger charge is -2.08. The average Bonchev–Trinajstić information content (AvgIpc) is 3.06. The van der Waals surface area contributed by atoms with Gasteiger partial charge in [-0.15, -0.1) is 0 Å². The molecule has 0 atom stereocenters. The molecule has 126 valence electrons. The molecule has 5 heteroatoms. The van der Waals surface area contributed by atoms with Crippen LogP contribution in [0, 0.1) is 0 Å². The van der Waals surface area contributed by atoms with E-state index in [0.29, 0.717) is 11.6 Å². The van der Waals surface area contributed by atoms with Crippen molar-refractivity contribution in [2.45, 2.75) is 12.8 Å². The number of hydrogen-bond acceptors (Lipinski definition) is 4. The minimum Gasteiger partial charge on any atom is -0.456 e. The number of hydrogen-bond donors (Lipinski definition) is 0. The maximum absolute atomic E-state index is 6.18. The fourth-order valence-electron chi connectivity index (χ4n) is 3.25. The lowest BCUT2D eigenvalue weighted by atomic mass is 10.1. The summed E-state index contributed by atoms with van der Waals surface area (Å²) in [7, 11) is 0. The Morgan fingerprint density at radius 1 is 0.846 bits per heavy atom. The zero-order chi connectivity index (χ0) is 17.5. The van der Waals surface area contributed by atoms with Gasteiger partial charge in [-0.3, -0.25) is 0 Å². The van der Waals surface area contributed by atoms with Gasteiger partial charge in [0.05, 0.1) is 0 Å². The van der Waals surface area contributed by atoms with Crippen LogP contribution in [0.3, 0.4) is 0 Å². The zero-order valence-corrected chi connectivity index (χ0v) is 14.6. The van der Waals surface area contributed by atoms with E-state index in [-0.39, 0.29) is 5.28 Å². The van der Waals surface area contributed by atoms with Crippen LogP contribution in [0.2, 0.25) is 5.28 Å². The summed E-state index contributed by atoms with van der Waals surface area (Å²) < 4.78 is 5.89. The molecular weight excluding hydrogens is 346 g/mol. The van der Waals surface area contributed by atoms with E-state index >= 15 is 0 Å². The normalized spacial score (nSPS) is 14.1. The van der Waals surface area contributed by atoms with E-state index in [9.17, 15) is 0 Å². The molecule has 0 radical (unpaired) electrons. The first kappa shape index (κ1) is 15.3. The van der Waals surface area contributed by atoms with E-state index in [2.05, 4.69) is 27.1 Å². The summed E-state index contributed by atoms with van der Waals surface area (Å²) in [5.74, 6) is 1.17. The third-order valence-electron chi connectivity index (χ3n) is 4.50. The van der Waals surface area contributed by atoms with Crippen molar-refractivity contribution < 1.29 is 4.42 Å². The molecule has 0 saturated carbocycles. The molecule has 0 bridgehead atoms. The quantitative estimate of drug-likeness (QED) is 0.452. The van der Waals surface area contributed by atoms with Crippen LogP contribution < -0.4 is 0 Å². The van der Waals surface area contributed by atoms with E-state index in [4.69, 9.17) is 16.0 Å². The second-order valence-corrected chi connectivity index (χ2v) is 6.54. The molecular formula is C21H14ClN3O. The Morgan fingerprint density at radius 3 is 2.58 bits per heavy atom. The van der Waals surface area contributed by atoms with Gasteiger partial charge >= 0.3 is 0 Å². The van der Waals surface area contributed by atoms with Crippen LogP contribution in [0.4, 0.5) is 0 Å². The van der Waals surface area contributed by atoms with E-state index in [1.165, 1.54) is 0 Å². The van der Waals surface area contributed by atoms with Crippen LogP contribution in [0.15, 0.2) is 65.1 Å². The van der Waals surface area contributed by atoms with Crippen LogP contribution >= 0.6 is 11.6 Å². The van der Waals surface area contributed by atoms with Crippen molar-refractivity contribution in [3.63, 3.8) is 0 Å². The SMILES string of the molecule is Clc1nc(C2=CCCC=C2)nc(-c2ccc3oc4ccccc4c3c2)n1. The van der Waals surface area contributed by atoms with Gasteiger partial charge in [0.1, 0.15) is 11.2 Å². The van der Waals surface area contributed by atoms with Gasteiger partial charge in [0, 0.05) is 21.9 Å². The Morgan fingerprint density at radius 2 is 1.69 bits per heavy atom. The van der Waals surface area contributed by atoms with Gasteiger partial charge < -0.3 is 4.42 Å². The van der Waals surface area contributed by atoms with E-state index < -0.39 is 0 Å². The minimum atomic E-state index is 0.196. The summed E-state index contributed by atoms with van der Waals surface area (Å²) >= 11 is 6.18. The highest BCUT2D eigenvalue weighted by Gasteiger charge is 2.13. The molecule has 5 rings (SSSR count). The Hall–Kier alpha value is -2.98. The lowest BCUT2D eigenvalue weighted by molar-refractivity contribution is 0.669. The first-order valence-corrected chi connectivity index (χ1v) is 8.86. The van der Waals surface area contributed by atoms with Gasteiger partial charge in [0.25, 0.3) is 0 Å². The van der Waals surface area contributed by atoms with E-state index in [1.54, 1.807) is 0 Å². The first-order valence-electron chi connectivity index (χ1n) is 8.48. The number of allylic oxidation sites excluding steroid dienone is 4. The Kier molecular flexibility index (Phi) is 3.57. The van der Waals surface area contributed by atoms with Crippen LogP contribution in [-0.2, 0) is 0 Å². The molecule has 0 N–H and O–H groups in total. The number of fused-ring (bicyclic) bond motifs is 3. The Labute approximate surface area is 154 Å². The third-order valence-corrected chi connectivity index (χ3v) is 4.67. The zero-order valence-electron chi connectivity index (χ0n) is 13.8. The molecule has 1 aliphatic rings. The molecule has 1 aliphatic carbocycles. The number of rotatable bonds is 2. The summed E-state index contributed by atoms with van der Waals surface area (Å²) in [5, 5.41) is 2.30. The van der Waals surface area contributed by atoms with Gasteiger partial charge in [-0.1, -0.05) is 36.4 Å². The van der Waals surface area contributed by atoms with Crippen LogP contribution in [0.1, 0.15) is 18.7 Å². The molecule has 4 nitrogen and oxygen atoms in total. The largest absolute Gasteiger partial charge is 0.456 e. The van der Waals surface area contributed by atoms with Crippen molar-refractivity contribution in [2.75, 3.05) is 0 Å². The summed E-state index contributed by atoms with van der Waals surface area (Å²) in [6.07, 6.45) is 8.31. The third kappa shape index (κ3) is 2.59. The minimum absolute atomic E-state index is 0.196. The highest BCUT2D eigenvalue weighted by molar-refractivity contribution is 6.28. The maximum atomic E-state index is 6.18. The summed E-state index contributed by atoms with van der Waals surface area (Å²) in [4.78, 5) is 13.3. The van der Waals surface area contributed by atoms with E-state index in [0.717, 1.165) is 45.9 Å². The molecule has 2 aromatic carbocycles. The first-order chi connectivity index (χ1) is 12.8. The predicted molar refractivity (Wildman–Crippen MR) is 104 cm³/mol. The molecule has 0 saturated heterocycles. The summed E-state index contributed by atoms with van der Waals surface area (Å²) in [6.45, 7) is 0. The van der Waals surface area contributed by atoms with Crippen molar-refractivity contribution in [3.05, 3.63) is 71.8 Å². The molecule has 4 aromatic rings. The predicted octanol–water partition coefficient (Wildman–Crippen LogP) is 5.82. The van der Waals surface area contributed by atoms with Crippen LogP contribution in [0.5, 0.6) is 0 Å². The molecule has 0 spiro atoms. The highest BCUT2D eigenvalue weighted by atomic mass is 35.5. The fourth-order valence-corrected chi connectivity index (χ4v) is 3.41. The molecule has 2 aromatic heterocycles. The average molecular weight is 360 g/mol. The highest BCUT2D eigenvalue weighted by Crippen LogP contribution is 2.32. The monoisotopic (exact) mass is 359 g/mol. The number of para-hydroxylation sites is 1. The van der Waals surface area contributed by atoms with Gasteiger partial charge in [-0.05, 0) is 48.7 Å². The number of benzene rings is 2. The van der Waals surface area contributed by atoms with Crippen LogP contribution in [-0.4, -0.2) is 15.0 Å². The second kappa shape index (κ2) is 6.07. The molecule has 0 amide bonds. The molecule has 0 aliphatic heterocycles. The molecule has 0 fully saturated rings. The van der Waals surface area contributed by atoms with Gasteiger partial charge in [-0.2, -0.15) is 9.97 Å². The summed E-state index contributed by atoms with van der Waals surface area (Å²) in [6, 6.07) is 13.9. The second-order valence-electron chi connectivity index (χ2n) is 6.20. The maximum Gasteiger partial charge on any atom is 0.226 e. The number of furan rings is 1. The van der Waals surface area contributed by atoms with E-state index in [1.807, 2.05) is 48.5 Å². The molecule has 26 heavy (non-hydrogen) atoms. The van der Waals surface area contributed by atoms with Gasteiger partial charge in [0.2, 0.25) is 5.28 Å². The smallest absolute Gasteiger partial charge is 0.226 e. The van der Waals surface area contributed by atoms with Crippen molar-refractivity contribution in [1.29, 1.82) is 0 Å². The number of nitrogens with zero attached hydrogens (tertiary/aromatic N) is 3. The number of aromatic nitrogens is 3. The standard InChI is InChI=1S/C21H14ClN3O/c22-21-24-19(13-6-2-1-3-7-13)23-20(25-21)14-10-11-18-16(12-14)15-8-4-5-9-17(15)26-18/h2,4-12H,1,3H2. The number of halogens is 1.